The summed E-state index contributed by atoms with van der Waals surface area (Å²) in [5.41, 5.74) is 2.14. The number of esters is 1. The third-order valence-electron chi connectivity index (χ3n) is 3.89. The SMILES string of the molecule is Cc1ccc(C)c(NC(=O)COC(=O)c2n[nH]c(=O)c3ccccc23)c1. The summed E-state index contributed by atoms with van der Waals surface area (Å²) in [6.07, 6.45) is 0. The van der Waals surface area contributed by atoms with Crippen molar-refractivity contribution in [2.24, 2.45) is 0 Å². The van der Waals surface area contributed by atoms with Crippen molar-refractivity contribution >= 4 is 28.3 Å². The average Bonchev–Trinajstić information content (AvgIpc) is 2.63. The number of hydrogen-bond acceptors (Lipinski definition) is 5. The number of anilines is 1. The van der Waals surface area contributed by atoms with Gasteiger partial charge in [0.25, 0.3) is 11.5 Å². The summed E-state index contributed by atoms with van der Waals surface area (Å²) in [7, 11) is 0. The van der Waals surface area contributed by atoms with Crippen LogP contribution in [0.2, 0.25) is 0 Å². The monoisotopic (exact) mass is 351 g/mol. The van der Waals surface area contributed by atoms with E-state index in [1.807, 2.05) is 32.0 Å². The summed E-state index contributed by atoms with van der Waals surface area (Å²) in [5.74, 6) is -1.24. The van der Waals surface area contributed by atoms with E-state index in [4.69, 9.17) is 4.74 Å². The molecular weight excluding hydrogens is 334 g/mol. The third-order valence-corrected chi connectivity index (χ3v) is 3.89. The molecule has 3 rings (SSSR count). The van der Waals surface area contributed by atoms with Gasteiger partial charge >= 0.3 is 5.97 Å². The van der Waals surface area contributed by atoms with Crippen molar-refractivity contribution in [3.05, 3.63) is 69.6 Å². The second-order valence-electron chi connectivity index (χ2n) is 5.89. The number of H-pyrrole nitrogens is 1. The summed E-state index contributed by atoms with van der Waals surface area (Å²) < 4.78 is 5.04. The fourth-order valence-electron chi connectivity index (χ4n) is 2.53. The topological polar surface area (TPSA) is 101 Å². The first-order valence-electron chi connectivity index (χ1n) is 7.97. The van der Waals surface area contributed by atoms with Gasteiger partial charge in [-0.1, -0.05) is 30.3 Å². The molecule has 0 aliphatic heterocycles. The summed E-state index contributed by atoms with van der Waals surface area (Å²) in [4.78, 5) is 36.1. The van der Waals surface area contributed by atoms with Gasteiger partial charge in [-0.15, -0.1) is 0 Å². The molecule has 3 aromatic rings. The first-order valence-corrected chi connectivity index (χ1v) is 7.97. The predicted octanol–water partition coefficient (Wildman–Crippen LogP) is 2.34. The molecule has 26 heavy (non-hydrogen) atoms. The highest BCUT2D eigenvalue weighted by atomic mass is 16.5. The van der Waals surface area contributed by atoms with E-state index in [2.05, 4.69) is 15.5 Å². The zero-order valence-electron chi connectivity index (χ0n) is 14.3. The summed E-state index contributed by atoms with van der Waals surface area (Å²) in [5, 5.41) is 9.42. The summed E-state index contributed by atoms with van der Waals surface area (Å²) in [6.45, 7) is 3.33. The van der Waals surface area contributed by atoms with Crippen molar-refractivity contribution in [2.75, 3.05) is 11.9 Å². The van der Waals surface area contributed by atoms with Crippen LogP contribution in [0.1, 0.15) is 21.6 Å². The molecule has 2 aromatic carbocycles. The van der Waals surface area contributed by atoms with E-state index in [9.17, 15) is 14.4 Å². The fraction of sp³-hybridized carbons (Fsp3) is 0.158. The lowest BCUT2D eigenvalue weighted by atomic mass is 10.1. The van der Waals surface area contributed by atoms with Crippen molar-refractivity contribution in [1.29, 1.82) is 0 Å². The number of carbonyl (C=O) groups is 2. The number of hydrogen-bond donors (Lipinski definition) is 2. The lowest BCUT2D eigenvalue weighted by Crippen LogP contribution is -2.23. The van der Waals surface area contributed by atoms with Crippen molar-refractivity contribution in [1.82, 2.24) is 10.2 Å². The highest BCUT2D eigenvalue weighted by Gasteiger charge is 2.17. The predicted molar refractivity (Wildman–Crippen MR) is 97.2 cm³/mol. The molecule has 0 aliphatic rings. The van der Waals surface area contributed by atoms with Gasteiger partial charge in [-0.05, 0) is 37.1 Å². The molecule has 1 aromatic heterocycles. The van der Waals surface area contributed by atoms with E-state index >= 15 is 0 Å². The average molecular weight is 351 g/mol. The van der Waals surface area contributed by atoms with Gasteiger partial charge in [-0.2, -0.15) is 5.10 Å². The number of carbonyl (C=O) groups excluding carboxylic acids is 2. The normalized spacial score (nSPS) is 10.5. The highest BCUT2D eigenvalue weighted by Crippen LogP contribution is 2.16. The molecule has 0 fully saturated rings. The first kappa shape index (κ1) is 17.3. The number of ether oxygens (including phenoxy) is 1. The third kappa shape index (κ3) is 3.61. The van der Waals surface area contributed by atoms with Gasteiger partial charge in [0.15, 0.2) is 12.3 Å². The van der Waals surface area contributed by atoms with Crippen LogP contribution >= 0.6 is 0 Å². The molecular formula is C19H17N3O4. The van der Waals surface area contributed by atoms with Crippen LogP contribution < -0.4 is 10.9 Å². The number of nitrogens with zero attached hydrogens (tertiary/aromatic N) is 1. The summed E-state index contributed by atoms with van der Waals surface area (Å²) in [6, 6.07) is 12.2. The van der Waals surface area contributed by atoms with Crippen molar-refractivity contribution in [3.63, 3.8) is 0 Å². The molecule has 0 atom stereocenters. The van der Waals surface area contributed by atoms with Crippen LogP contribution in [-0.2, 0) is 9.53 Å². The minimum atomic E-state index is -0.784. The molecule has 2 N–H and O–H groups in total. The first-order chi connectivity index (χ1) is 12.5. The number of aryl methyl sites for hydroxylation is 2. The zero-order valence-corrected chi connectivity index (χ0v) is 14.3. The van der Waals surface area contributed by atoms with Gasteiger partial charge in [0, 0.05) is 11.1 Å². The van der Waals surface area contributed by atoms with Gasteiger partial charge < -0.3 is 10.1 Å². The quantitative estimate of drug-likeness (QED) is 0.703. The number of rotatable bonds is 4. The Balaban J connectivity index is 1.71. The Morgan fingerprint density at radius 2 is 1.85 bits per heavy atom. The number of benzene rings is 2. The minimum Gasteiger partial charge on any atom is -0.451 e. The number of amides is 1. The van der Waals surface area contributed by atoms with Crippen LogP contribution in [0.4, 0.5) is 5.69 Å². The molecule has 0 bridgehead atoms. The number of nitrogens with one attached hydrogen (secondary N) is 2. The Morgan fingerprint density at radius 1 is 1.12 bits per heavy atom. The van der Waals surface area contributed by atoms with Gasteiger partial charge in [-0.25, -0.2) is 9.89 Å². The van der Waals surface area contributed by atoms with Crippen LogP contribution in [-0.4, -0.2) is 28.7 Å². The van der Waals surface area contributed by atoms with Gasteiger partial charge in [0.2, 0.25) is 0 Å². The Labute approximate surface area is 149 Å². The molecule has 132 valence electrons. The van der Waals surface area contributed by atoms with Crippen molar-refractivity contribution < 1.29 is 14.3 Å². The van der Waals surface area contributed by atoms with Crippen LogP contribution in [0.15, 0.2) is 47.3 Å². The van der Waals surface area contributed by atoms with Crippen LogP contribution in [0, 0.1) is 13.8 Å². The smallest absolute Gasteiger partial charge is 0.359 e. The van der Waals surface area contributed by atoms with Crippen LogP contribution in [0.5, 0.6) is 0 Å². The van der Waals surface area contributed by atoms with E-state index in [0.717, 1.165) is 11.1 Å². The van der Waals surface area contributed by atoms with Gasteiger partial charge in [-0.3, -0.25) is 9.59 Å². The molecule has 0 spiro atoms. The summed E-state index contributed by atoms with van der Waals surface area (Å²) >= 11 is 0. The van der Waals surface area contributed by atoms with Gasteiger partial charge in [0.1, 0.15) is 0 Å². The second-order valence-corrected chi connectivity index (χ2v) is 5.89. The standard InChI is InChI=1S/C19H17N3O4/c1-11-7-8-12(2)15(9-11)20-16(23)10-26-19(25)17-13-5-3-4-6-14(13)18(24)22-21-17/h3-9H,10H2,1-2H3,(H,20,23)(H,22,24). The minimum absolute atomic E-state index is 0.0419. The number of aromatic nitrogens is 2. The van der Waals surface area contributed by atoms with E-state index in [-0.39, 0.29) is 5.69 Å². The Bertz CT molecular complexity index is 1060. The van der Waals surface area contributed by atoms with Crippen LogP contribution in [0.25, 0.3) is 10.8 Å². The maximum absolute atomic E-state index is 12.3. The van der Waals surface area contributed by atoms with Crippen molar-refractivity contribution in [3.8, 4) is 0 Å². The molecule has 1 amide bonds. The second kappa shape index (κ2) is 7.18. The van der Waals surface area contributed by atoms with Gasteiger partial charge in [0.05, 0.1) is 5.39 Å². The largest absolute Gasteiger partial charge is 0.451 e. The Hall–Kier alpha value is -3.48. The molecule has 0 saturated carbocycles. The lowest BCUT2D eigenvalue weighted by Gasteiger charge is -2.10. The molecule has 0 unspecified atom stereocenters. The van der Waals surface area contributed by atoms with E-state index in [1.54, 1.807) is 24.3 Å². The highest BCUT2D eigenvalue weighted by molar-refractivity contribution is 6.03. The Morgan fingerprint density at radius 3 is 2.62 bits per heavy atom. The molecule has 0 aliphatic carbocycles. The van der Waals surface area contributed by atoms with Crippen LogP contribution in [0.3, 0.4) is 0 Å². The van der Waals surface area contributed by atoms with Crippen molar-refractivity contribution in [2.45, 2.75) is 13.8 Å². The number of aromatic amines is 1. The zero-order chi connectivity index (χ0) is 18.7. The number of fused-ring (bicyclic) bond motifs is 1. The lowest BCUT2D eigenvalue weighted by molar-refractivity contribution is -0.119. The molecule has 1 heterocycles. The van der Waals surface area contributed by atoms with E-state index < -0.39 is 24.0 Å². The molecule has 7 heteroatoms. The molecule has 0 saturated heterocycles. The fourth-order valence-corrected chi connectivity index (χ4v) is 2.53. The van der Waals surface area contributed by atoms with E-state index in [1.165, 1.54) is 0 Å². The molecule has 7 nitrogen and oxygen atoms in total. The van der Waals surface area contributed by atoms with E-state index in [0.29, 0.717) is 16.5 Å². The Kier molecular flexibility index (Phi) is 4.79. The maximum Gasteiger partial charge on any atom is 0.359 e. The maximum atomic E-state index is 12.3. The molecule has 0 radical (unpaired) electrons.